The average molecular weight is 195 g/mol. The molecule has 0 amide bonds. The lowest BCUT2D eigenvalue weighted by Crippen LogP contribution is -1.98. The van der Waals surface area contributed by atoms with Crippen molar-refractivity contribution in [2.24, 2.45) is 0 Å². The van der Waals surface area contributed by atoms with Gasteiger partial charge in [-0.15, -0.1) is 0 Å². The molecule has 0 fully saturated rings. The minimum absolute atomic E-state index is 0.917. The number of thiol groups is 1. The van der Waals surface area contributed by atoms with Crippen molar-refractivity contribution in [1.82, 2.24) is 0 Å². The summed E-state index contributed by atoms with van der Waals surface area (Å²) in [6.07, 6.45) is 1.06. The molecule has 0 bridgehead atoms. The molecule has 0 aliphatic heterocycles. The number of hydrogen-bond acceptors (Lipinski definition) is 2. The zero-order valence-electron chi connectivity index (χ0n) is 8.52. The van der Waals surface area contributed by atoms with Crippen molar-refractivity contribution in [3.8, 4) is 0 Å². The van der Waals surface area contributed by atoms with E-state index in [0.29, 0.717) is 0 Å². The standard InChI is InChI=1S/C11H17NS/c1-8-6-10(12-3)7-9(2)11(8)4-5-13/h6-7,12-13H,4-5H2,1-3H3. The molecule has 0 spiro atoms. The molecule has 0 saturated carbocycles. The minimum atomic E-state index is 0.917. The first-order chi connectivity index (χ1) is 6.19. The number of nitrogens with one attached hydrogen (secondary N) is 1. The predicted molar refractivity (Wildman–Crippen MR) is 63.0 cm³/mol. The highest BCUT2D eigenvalue weighted by Gasteiger charge is 2.03. The van der Waals surface area contributed by atoms with Crippen LogP contribution >= 0.6 is 12.6 Å². The fraction of sp³-hybridized carbons (Fsp3) is 0.455. The van der Waals surface area contributed by atoms with Crippen molar-refractivity contribution in [2.45, 2.75) is 20.3 Å². The van der Waals surface area contributed by atoms with Crippen molar-refractivity contribution >= 4 is 18.3 Å². The van der Waals surface area contributed by atoms with E-state index in [1.54, 1.807) is 0 Å². The quantitative estimate of drug-likeness (QED) is 0.707. The molecule has 72 valence electrons. The minimum Gasteiger partial charge on any atom is -0.388 e. The molecule has 1 aromatic rings. The van der Waals surface area contributed by atoms with Crippen LogP contribution < -0.4 is 5.32 Å². The lowest BCUT2D eigenvalue weighted by molar-refractivity contribution is 1.10. The van der Waals surface area contributed by atoms with Crippen LogP contribution in [0, 0.1) is 13.8 Å². The van der Waals surface area contributed by atoms with Crippen LogP contribution in [0.2, 0.25) is 0 Å². The Morgan fingerprint density at radius 3 is 2.15 bits per heavy atom. The van der Waals surface area contributed by atoms with Gasteiger partial charge >= 0.3 is 0 Å². The van der Waals surface area contributed by atoms with E-state index >= 15 is 0 Å². The molecule has 0 atom stereocenters. The molecule has 0 radical (unpaired) electrons. The molecule has 1 aromatic carbocycles. The van der Waals surface area contributed by atoms with E-state index in [0.717, 1.165) is 12.2 Å². The van der Waals surface area contributed by atoms with Gasteiger partial charge in [-0.2, -0.15) is 12.6 Å². The van der Waals surface area contributed by atoms with Crippen LogP contribution in [0.3, 0.4) is 0 Å². The average Bonchev–Trinajstić information content (AvgIpc) is 2.11. The van der Waals surface area contributed by atoms with Gasteiger partial charge in [-0.25, -0.2) is 0 Å². The van der Waals surface area contributed by atoms with Crippen molar-refractivity contribution in [3.63, 3.8) is 0 Å². The topological polar surface area (TPSA) is 12.0 Å². The summed E-state index contributed by atoms with van der Waals surface area (Å²) in [7, 11) is 1.95. The first kappa shape index (κ1) is 10.5. The molecule has 0 aromatic heterocycles. The Hall–Kier alpha value is -0.630. The van der Waals surface area contributed by atoms with Gasteiger partial charge in [-0.05, 0) is 54.8 Å². The maximum Gasteiger partial charge on any atom is 0.0343 e. The summed E-state index contributed by atoms with van der Waals surface area (Å²) in [6, 6.07) is 4.37. The lowest BCUT2D eigenvalue weighted by Gasteiger charge is -2.11. The highest BCUT2D eigenvalue weighted by atomic mass is 32.1. The summed E-state index contributed by atoms with van der Waals surface area (Å²) < 4.78 is 0. The molecule has 0 saturated heterocycles. The van der Waals surface area contributed by atoms with Gasteiger partial charge < -0.3 is 5.32 Å². The van der Waals surface area contributed by atoms with Gasteiger partial charge in [0.2, 0.25) is 0 Å². The molecule has 0 aliphatic rings. The summed E-state index contributed by atoms with van der Waals surface area (Å²) in [5.41, 5.74) is 5.35. The fourth-order valence-electron chi connectivity index (χ4n) is 1.64. The zero-order valence-corrected chi connectivity index (χ0v) is 9.41. The Balaban J connectivity index is 3.07. The molecule has 0 unspecified atom stereocenters. The smallest absolute Gasteiger partial charge is 0.0343 e. The van der Waals surface area contributed by atoms with Gasteiger partial charge in [-0.3, -0.25) is 0 Å². The Kier molecular flexibility index (Phi) is 3.67. The second-order valence-corrected chi connectivity index (χ2v) is 3.76. The van der Waals surface area contributed by atoms with Crippen LogP contribution in [-0.4, -0.2) is 12.8 Å². The lowest BCUT2D eigenvalue weighted by atomic mass is 10.00. The third-order valence-electron chi connectivity index (χ3n) is 2.35. The third-order valence-corrected chi connectivity index (χ3v) is 2.57. The number of benzene rings is 1. The summed E-state index contributed by atoms with van der Waals surface area (Å²) >= 11 is 4.26. The second-order valence-electron chi connectivity index (χ2n) is 3.31. The number of anilines is 1. The van der Waals surface area contributed by atoms with E-state index in [1.807, 2.05) is 7.05 Å². The molecule has 13 heavy (non-hydrogen) atoms. The molecule has 0 heterocycles. The van der Waals surface area contributed by atoms with Gasteiger partial charge in [0.05, 0.1) is 0 Å². The van der Waals surface area contributed by atoms with Gasteiger partial charge in [0.15, 0.2) is 0 Å². The highest BCUT2D eigenvalue weighted by Crippen LogP contribution is 2.20. The maximum atomic E-state index is 4.26. The Morgan fingerprint density at radius 1 is 1.23 bits per heavy atom. The first-order valence-electron chi connectivity index (χ1n) is 4.57. The van der Waals surface area contributed by atoms with E-state index in [2.05, 4.69) is 43.9 Å². The molecule has 1 N–H and O–H groups in total. The van der Waals surface area contributed by atoms with Crippen molar-refractivity contribution < 1.29 is 0 Å². The van der Waals surface area contributed by atoms with E-state index in [4.69, 9.17) is 0 Å². The van der Waals surface area contributed by atoms with E-state index < -0.39 is 0 Å². The van der Waals surface area contributed by atoms with E-state index in [1.165, 1.54) is 22.4 Å². The van der Waals surface area contributed by atoms with Crippen molar-refractivity contribution in [1.29, 1.82) is 0 Å². The van der Waals surface area contributed by atoms with Crippen LogP contribution in [0.1, 0.15) is 16.7 Å². The van der Waals surface area contributed by atoms with E-state index in [9.17, 15) is 0 Å². The second kappa shape index (κ2) is 4.56. The molecule has 0 aliphatic carbocycles. The fourth-order valence-corrected chi connectivity index (χ4v) is 1.87. The Labute approximate surface area is 86.0 Å². The number of rotatable bonds is 3. The summed E-state index contributed by atoms with van der Waals surface area (Å²) in [5.74, 6) is 0.917. The monoisotopic (exact) mass is 195 g/mol. The van der Waals surface area contributed by atoms with Gasteiger partial charge in [0, 0.05) is 12.7 Å². The summed E-state index contributed by atoms with van der Waals surface area (Å²) in [5, 5.41) is 3.16. The van der Waals surface area contributed by atoms with Crippen LogP contribution in [0.4, 0.5) is 5.69 Å². The maximum absolute atomic E-state index is 4.26. The molecule has 2 heteroatoms. The summed E-state index contributed by atoms with van der Waals surface area (Å²) in [6.45, 7) is 4.32. The molecular weight excluding hydrogens is 178 g/mol. The van der Waals surface area contributed by atoms with Crippen LogP contribution in [0.15, 0.2) is 12.1 Å². The van der Waals surface area contributed by atoms with Gasteiger partial charge in [-0.1, -0.05) is 0 Å². The van der Waals surface area contributed by atoms with Gasteiger partial charge in [0.1, 0.15) is 0 Å². The number of aryl methyl sites for hydroxylation is 2. The Bertz CT molecular complexity index is 271. The third kappa shape index (κ3) is 2.41. The molecule has 1 nitrogen and oxygen atoms in total. The largest absolute Gasteiger partial charge is 0.388 e. The van der Waals surface area contributed by atoms with E-state index in [-0.39, 0.29) is 0 Å². The number of hydrogen-bond donors (Lipinski definition) is 2. The summed E-state index contributed by atoms with van der Waals surface area (Å²) in [4.78, 5) is 0. The zero-order chi connectivity index (χ0) is 9.84. The van der Waals surface area contributed by atoms with Crippen LogP contribution in [-0.2, 0) is 6.42 Å². The normalized spacial score (nSPS) is 10.2. The molecule has 1 rings (SSSR count). The highest BCUT2D eigenvalue weighted by molar-refractivity contribution is 7.80. The van der Waals surface area contributed by atoms with Crippen molar-refractivity contribution in [3.05, 3.63) is 28.8 Å². The molecular formula is C11H17NS. The first-order valence-corrected chi connectivity index (χ1v) is 5.21. The SMILES string of the molecule is CNc1cc(C)c(CCS)c(C)c1. The van der Waals surface area contributed by atoms with Crippen LogP contribution in [0.5, 0.6) is 0 Å². The van der Waals surface area contributed by atoms with Crippen LogP contribution in [0.25, 0.3) is 0 Å². The Morgan fingerprint density at radius 2 is 1.77 bits per heavy atom. The van der Waals surface area contributed by atoms with Gasteiger partial charge in [0.25, 0.3) is 0 Å². The van der Waals surface area contributed by atoms with Crippen molar-refractivity contribution in [2.75, 3.05) is 18.1 Å². The predicted octanol–water partition coefficient (Wildman–Crippen LogP) is 2.82.